The highest BCUT2D eigenvalue weighted by Crippen LogP contribution is 2.78. The third-order valence-corrected chi connectivity index (χ3v) is 18.6. The van der Waals surface area contributed by atoms with Crippen molar-refractivity contribution in [3.63, 3.8) is 0 Å². The van der Waals surface area contributed by atoms with Gasteiger partial charge < -0.3 is 15.2 Å². The van der Waals surface area contributed by atoms with Crippen LogP contribution in [0.15, 0.2) is 36.5 Å². The summed E-state index contributed by atoms with van der Waals surface area (Å²) in [5.74, 6) is 1.91. The predicted octanol–water partition coefficient (Wildman–Crippen LogP) is 9.25. The molecule has 0 amide bonds. The Morgan fingerprint density at radius 3 is 2.32 bits per heavy atom. The molecule has 8 nitrogen and oxygen atoms in total. The van der Waals surface area contributed by atoms with E-state index in [1.165, 1.54) is 69.1 Å². The molecule has 1 aliphatic heterocycles. The molecule has 1 saturated heterocycles. The molecule has 0 spiro atoms. The molecule has 1 aromatic heterocycles. The van der Waals surface area contributed by atoms with Crippen molar-refractivity contribution >= 4 is 11.9 Å². The topological polar surface area (TPSA) is 95.0 Å². The first kappa shape index (κ1) is 42.8. The maximum absolute atomic E-state index is 13.1. The van der Waals surface area contributed by atoms with Crippen molar-refractivity contribution in [2.45, 2.75) is 145 Å². The number of fused-ring (bicyclic) bond motifs is 7. The van der Waals surface area contributed by atoms with Gasteiger partial charge in [0.05, 0.1) is 17.5 Å². The van der Waals surface area contributed by atoms with E-state index in [0.717, 1.165) is 77.0 Å². The van der Waals surface area contributed by atoms with Gasteiger partial charge in [0.2, 0.25) is 0 Å². The smallest absolute Gasteiger partial charge is 0.309 e. The van der Waals surface area contributed by atoms with Crippen LogP contribution >= 0.6 is 0 Å². The van der Waals surface area contributed by atoms with Crippen LogP contribution in [0.1, 0.15) is 138 Å². The van der Waals surface area contributed by atoms with Crippen LogP contribution in [0.5, 0.6) is 0 Å². The summed E-state index contributed by atoms with van der Waals surface area (Å²) in [6.07, 6.45) is 15.3. The molecule has 1 unspecified atom stereocenters. The van der Waals surface area contributed by atoms with E-state index in [0.29, 0.717) is 28.6 Å². The van der Waals surface area contributed by atoms with E-state index in [2.05, 4.69) is 80.4 Å². The Labute approximate surface area is 345 Å². The fourth-order valence-electron chi connectivity index (χ4n) is 15.1. The van der Waals surface area contributed by atoms with E-state index < -0.39 is 11.4 Å². The summed E-state index contributed by atoms with van der Waals surface area (Å²) in [6, 6.07) is 6.22. The Morgan fingerprint density at radius 1 is 0.895 bits per heavy atom. The maximum atomic E-state index is 13.1. The molecule has 5 saturated carbocycles. The minimum absolute atomic E-state index is 0.0902. The van der Waals surface area contributed by atoms with Gasteiger partial charge >= 0.3 is 11.9 Å². The third-order valence-electron chi connectivity index (χ3n) is 18.6. The standard InChI is InChI=1S/C49H78N4O4/c1-34(2)36-15-20-49(23-25-50-26-27-52-28-30-53(31-29-52)33-35-12-10-11-24-51-35)22-21-47(8)37(42(36)49)13-14-39-46(7)18-17-40(57-41(54)32-44(3,4)43(55)56)45(5,6)38(46)16-19-48(39,47)9/h10-12,24,36-40,42,50H,1,13-23,25-33H2,2-9H3,(H,55,56)/t36?,37-,38+,39-,40+,42-,46+,47-,48-,49-/m1/s1. The molecular weight excluding hydrogens is 709 g/mol. The summed E-state index contributed by atoms with van der Waals surface area (Å²) < 4.78 is 6.22. The van der Waals surface area contributed by atoms with Gasteiger partial charge in [0.15, 0.2) is 0 Å². The van der Waals surface area contributed by atoms with Crippen molar-refractivity contribution in [1.29, 1.82) is 0 Å². The molecule has 2 heterocycles. The third kappa shape index (κ3) is 7.68. The van der Waals surface area contributed by atoms with Crippen LogP contribution in [0.4, 0.5) is 0 Å². The number of hydrogen-bond acceptors (Lipinski definition) is 7. The van der Waals surface area contributed by atoms with Crippen molar-refractivity contribution in [3.05, 3.63) is 42.2 Å². The highest BCUT2D eigenvalue weighted by Gasteiger charge is 2.71. The van der Waals surface area contributed by atoms with Crippen LogP contribution in [0, 0.1) is 62.1 Å². The van der Waals surface area contributed by atoms with Crippen molar-refractivity contribution in [1.82, 2.24) is 20.1 Å². The van der Waals surface area contributed by atoms with Gasteiger partial charge in [-0.1, -0.05) is 52.8 Å². The highest BCUT2D eigenvalue weighted by atomic mass is 16.5. The minimum atomic E-state index is -1.13. The van der Waals surface area contributed by atoms with Crippen LogP contribution in [0.3, 0.4) is 0 Å². The zero-order valence-electron chi connectivity index (χ0n) is 37.1. The van der Waals surface area contributed by atoms with Gasteiger partial charge in [-0.25, -0.2) is 0 Å². The van der Waals surface area contributed by atoms with Gasteiger partial charge in [0, 0.05) is 57.4 Å². The lowest BCUT2D eigenvalue weighted by molar-refractivity contribution is -0.250. The van der Waals surface area contributed by atoms with Gasteiger partial charge in [-0.15, -0.1) is 0 Å². The average Bonchev–Trinajstić information content (AvgIpc) is 3.54. The molecular formula is C49H78N4O4. The van der Waals surface area contributed by atoms with E-state index in [-0.39, 0.29) is 34.7 Å². The summed E-state index contributed by atoms with van der Waals surface area (Å²) in [6.45, 7) is 31.8. The fourth-order valence-corrected chi connectivity index (χ4v) is 15.1. The molecule has 0 radical (unpaired) electrons. The first-order chi connectivity index (χ1) is 26.9. The van der Waals surface area contributed by atoms with Gasteiger partial charge in [-0.2, -0.15) is 0 Å². The minimum Gasteiger partial charge on any atom is -0.481 e. The van der Waals surface area contributed by atoms with Crippen LogP contribution in [0.25, 0.3) is 0 Å². The Hall–Kier alpha value is -2.29. The van der Waals surface area contributed by atoms with Crippen LogP contribution in [0.2, 0.25) is 0 Å². The van der Waals surface area contributed by atoms with E-state index in [1.807, 2.05) is 12.3 Å². The predicted molar refractivity (Wildman–Crippen MR) is 228 cm³/mol. The maximum Gasteiger partial charge on any atom is 0.309 e. The number of nitrogens with zero attached hydrogens (tertiary/aromatic N) is 3. The zero-order chi connectivity index (χ0) is 41.0. The molecule has 1 aromatic rings. The average molecular weight is 787 g/mol. The molecule has 57 heavy (non-hydrogen) atoms. The van der Waals surface area contributed by atoms with Gasteiger partial charge in [0.25, 0.3) is 0 Å². The number of carbonyl (C=O) groups excluding carboxylic acids is 1. The number of allylic oxidation sites excluding steroid dienone is 1. The number of piperazine rings is 1. The molecule has 7 rings (SSSR count). The number of carbonyl (C=O) groups is 2. The number of carboxylic acids is 1. The summed E-state index contributed by atoms with van der Waals surface area (Å²) in [7, 11) is 0. The largest absolute Gasteiger partial charge is 0.481 e. The van der Waals surface area contributed by atoms with Gasteiger partial charge in [-0.3, -0.25) is 24.4 Å². The van der Waals surface area contributed by atoms with Crippen LogP contribution in [-0.4, -0.2) is 83.7 Å². The second-order valence-corrected chi connectivity index (χ2v) is 22.2. The van der Waals surface area contributed by atoms with Gasteiger partial charge in [-0.05, 0) is 161 Å². The number of ether oxygens (including phenoxy) is 1. The molecule has 8 heteroatoms. The van der Waals surface area contributed by atoms with Crippen LogP contribution < -0.4 is 5.32 Å². The SMILES string of the molecule is C=C(C)C1CC[C@]2(CCNCCN3CCN(Cc4ccccn4)CC3)CC[C@]3(C)[C@H](CC[C@@H]4[C@@]5(C)CC[C@H](OC(=O)CC(C)(C)C(=O)O)C(C)(C)[C@@H]5CC[C@]43C)[C@@H]12. The van der Waals surface area contributed by atoms with Crippen molar-refractivity contribution in [3.8, 4) is 0 Å². The Morgan fingerprint density at radius 2 is 1.63 bits per heavy atom. The lowest BCUT2D eigenvalue weighted by atomic mass is 9.32. The van der Waals surface area contributed by atoms with E-state index in [4.69, 9.17) is 4.74 Å². The number of aromatic nitrogens is 1. The second kappa shape index (κ2) is 16.0. The quantitative estimate of drug-likeness (QED) is 0.116. The first-order valence-electron chi connectivity index (χ1n) is 23.0. The first-order valence-corrected chi connectivity index (χ1v) is 23.0. The van der Waals surface area contributed by atoms with Crippen molar-refractivity contribution in [2.75, 3.05) is 45.8 Å². The summed E-state index contributed by atoms with van der Waals surface area (Å²) >= 11 is 0. The summed E-state index contributed by atoms with van der Waals surface area (Å²) in [5, 5.41) is 13.6. The van der Waals surface area contributed by atoms with E-state index in [9.17, 15) is 14.7 Å². The molecule has 2 N–H and O–H groups in total. The molecule has 318 valence electrons. The fraction of sp³-hybridized carbons (Fsp3) is 0.816. The Kier molecular flexibility index (Phi) is 12.0. The molecule has 0 bridgehead atoms. The van der Waals surface area contributed by atoms with E-state index in [1.54, 1.807) is 13.8 Å². The Bertz CT molecular complexity index is 1620. The number of hydrogen-bond donors (Lipinski definition) is 2. The Balaban J connectivity index is 0.984. The molecule has 10 atom stereocenters. The lowest BCUT2D eigenvalue weighted by Gasteiger charge is -2.73. The molecule has 5 aliphatic carbocycles. The number of nitrogens with one attached hydrogen (secondary N) is 1. The molecule has 6 aliphatic rings. The van der Waals surface area contributed by atoms with E-state index >= 15 is 0 Å². The molecule has 0 aromatic carbocycles. The summed E-state index contributed by atoms with van der Waals surface area (Å²) in [5.41, 5.74) is 2.50. The summed E-state index contributed by atoms with van der Waals surface area (Å²) in [4.78, 5) is 34.6. The number of esters is 1. The number of aliphatic carboxylic acids is 1. The monoisotopic (exact) mass is 787 g/mol. The lowest BCUT2D eigenvalue weighted by Crippen LogP contribution is -2.66. The number of rotatable bonds is 13. The van der Waals surface area contributed by atoms with Gasteiger partial charge in [0.1, 0.15) is 6.10 Å². The van der Waals surface area contributed by atoms with Crippen molar-refractivity contribution < 1.29 is 19.4 Å². The zero-order valence-corrected chi connectivity index (χ0v) is 37.1. The number of pyridine rings is 1. The number of carboxylic acid groups (broad SMARTS) is 1. The highest BCUT2D eigenvalue weighted by molar-refractivity contribution is 5.81. The second-order valence-electron chi connectivity index (χ2n) is 22.2. The van der Waals surface area contributed by atoms with Crippen molar-refractivity contribution in [2.24, 2.45) is 62.1 Å². The van der Waals surface area contributed by atoms with Crippen LogP contribution in [-0.2, 0) is 20.9 Å². The normalized spacial score (nSPS) is 39.3. The molecule has 6 fully saturated rings.